The van der Waals surface area contributed by atoms with E-state index in [2.05, 4.69) is 36.9 Å². The smallest absolute Gasteiger partial charge is 0.275 e. The molecule has 2 unspecified atom stereocenters. The molecule has 4 aliphatic rings. The van der Waals surface area contributed by atoms with Crippen molar-refractivity contribution >= 4 is 78.3 Å². The van der Waals surface area contributed by atoms with Crippen molar-refractivity contribution in [3.63, 3.8) is 0 Å². The number of benzene rings is 5. The third kappa shape index (κ3) is 13.6. The summed E-state index contributed by atoms with van der Waals surface area (Å²) in [6, 6.07) is 29.6. The number of aliphatic imine (C=N–C) groups is 1. The number of carbonyl (C=O) groups excluding carboxylic acids is 3. The predicted octanol–water partition coefficient (Wildman–Crippen LogP) is 10.2. The van der Waals surface area contributed by atoms with E-state index in [4.69, 9.17) is 33.4 Å². The SMILES string of the molecule is CCC(=O)C(CCSSC(C)(C)CN(CCOCCOCCOC)c1cc(COc2cc3c(cc2C)C(=O)N2c4ccccc4C[C@H]2CC3)cc(COc2cc3c(cc2OC)C(=O)N2c4ccccc4CC2C=N3)c1)S(=O)(=O)O. The lowest BCUT2D eigenvalue weighted by Crippen LogP contribution is -2.38. The van der Waals surface area contributed by atoms with Crippen molar-refractivity contribution in [3.05, 3.63) is 136 Å². The largest absolute Gasteiger partial charge is 0.493 e. The van der Waals surface area contributed by atoms with Gasteiger partial charge in [-0.1, -0.05) is 64.9 Å². The number of ketones is 1. The number of fused-ring (bicyclic) bond motifs is 8. The van der Waals surface area contributed by atoms with Crippen LogP contribution in [-0.2, 0) is 61.6 Å². The molecule has 79 heavy (non-hydrogen) atoms. The van der Waals surface area contributed by atoms with Gasteiger partial charge < -0.3 is 38.2 Å². The van der Waals surface area contributed by atoms with Crippen LogP contribution in [0.2, 0.25) is 0 Å². The summed E-state index contributed by atoms with van der Waals surface area (Å²) in [7, 11) is 1.66. The zero-order chi connectivity index (χ0) is 55.8. The second kappa shape index (κ2) is 25.7. The predicted molar refractivity (Wildman–Crippen MR) is 312 cm³/mol. The summed E-state index contributed by atoms with van der Waals surface area (Å²) in [5.74, 6) is 1.16. The van der Waals surface area contributed by atoms with Crippen molar-refractivity contribution in [1.29, 1.82) is 0 Å². The monoisotopic (exact) mass is 1130 g/mol. The maximum Gasteiger partial charge on any atom is 0.275 e. The number of anilines is 3. The number of methoxy groups -OCH3 is 2. The molecule has 0 aromatic heterocycles. The fourth-order valence-corrected chi connectivity index (χ4v) is 14.5. The van der Waals surface area contributed by atoms with Crippen LogP contribution >= 0.6 is 21.6 Å². The Morgan fingerprint density at radius 1 is 0.797 bits per heavy atom. The molecule has 0 bridgehead atoms. The number of Topliss-reactive ketones (excluding diaryl/α,β-unsaturated/α-hetero) is 1. The number of aryl methyl sites for hydroxylation is 2. The van der Waals surface area contributed by atoms with Crippen molar-refractivity contribution in [3.8, 4) is 17.2 Å². The highest BCUT2D eigenvalue weighted by Crippen LogP contribution is 2.43. The summed E-state index contributed by atoms with van der Waals surface area (Å²) in [5, 5.41) is -1.46. The zero-order valence-electron chi connectivity index (χ0n) is 45.7. The summed E-state index contributed by atoms with van der Waals surface area (Å²) in [4.78, 5) is 51.8. The molecule has 4 aliphatic heterocycles. The Morgan fingerprint density at radius 3 is 2.15 bits per heavy atom. The van der Waals surface area contributed by atoms with Crippen LogP contribution in [0, 0.1) is 6.92 Å². The molecule has 0 fully saturated rings. The molecule has 0 radical (unpaired) electrons. The van der Waals surface area contributed by atoms with Gasteiger partial charge in [-0.25, -0.2) is 0 Å². The van der Waals surface area contributed by atoms with Crippen molar-refractivity contribution < 1.29 is 55.8 Å². The van der Waals surface area contributed by atoms with Crippen LogP contribution in [0.15, 0.2) is 96.0 Å². The van der Waals surface area contributed by atoms with Gasteiger partial charge in [-0.15, -0.1) is 0 Å². The summed E-state index contributed by atoms with van der Waals surface area (Å²) < 4.78 is 69.8. The molecule has 5 aromatic rings. The fraction of sp³-hybridized carbons (Fsp3) is 0.433. The highest BCUT2D eigenvalue weighted by Gasteiger charge is 2.39. The molecule has 1 N–H and O–H groups in total. The van der Waals surface area contributed by atoms with Gasteiger partial charge in [0.25, 0.3) is 21.9 Å². The van der Waals surface area contributed by atoms with Crippen LogP contribution in [0.4, 0.5) is 22.7 Å². The number of hydrogen-bond donors (Lipinski definition) is 1. The maximum absolute atomic E-state index is 14.3. The maximum atomic E-state index is 14.3. The minimum absolute atomic E-state index is 0.00664. The summed E-state index contributed by atoms with van der Waals surface area (Å²) in [5.41, 5.74) is 10.1. The van der Waals surface area contributed by atoms with Gasteiger partial charge in [0, 0.05) is 84.5 Å². The van der Waals surface area contributed by atoms with Crippen LogP contribution < -0.4 is 28.9 Å². The quantitative estimate of drug-likeness (QED) is 0.0298. The first kappa shape index (κ1) is 57.7. The Balaban J connectivity index is 0.996. The molecule has 0 saturated carbocycles. The lowest BCUT2D eigenvalue weighted by molar-refractivity contribution is -0.118. The first-order valence-electron chi connectivity index (χ1n) is 26.9. The molecule has 0 aliphatic carbocycles. The molecule has 16 nitrogen and oxygen atoms in total. The highest BCUT2D eigenvalue weighted by atomic mass is 33.1. The molecule has 3 atom stereocenters. The summed E-state index contributed by atoms with van der Waals surface area (Å²) in [6.07, 6.45) is 4.91. The minimum Gasteiger partial charge on any atom is -0.493 e. The number of ether oxygens (including phenoxy) is 6. The van der Waals surface area contributed by atoms with Crippen LogP contribution in [0.25, 0.3) is 0 Å². The summed E-state index contributed by atoms with van der Waals surface area (Å²) in [6.45, 7) is 11.2. The van der Waals surface area contributed by atoms with E-state index in [1.54, 1.807) is 49.0 Å². The first-order valence-corrected chi connectivity index (χ1v) is 30.7. The average molecular weight is 1140 g/mol. The number of amides is 2. The van der Waals surface area contributed by atoms with Crippen LogP contribution in [-0.4, -0.2) is 125 Å². The van der Waals surface area contributed by atoms with E-state index >= 15 is 0 Å². The molecule has 19 heteroatoms. The molecular weight excluding hydrogens is 1060 g/mol. The van der Waals surface area contributed by atoms with Crippen LogP contribution in [0.3, 0.4) is 0 Å². The Hall–Kier alpha value is -5.93. The fourth-order valence-electron chi connectivity index (χ4n) is 10.8. The second-order valence-corrected chi connectivity index (χ2v) is 25.6. The number of rotatable bonds is 27. The molecule has 0 spiro atoms. The Morgan fingerprint density at radius 2 is 1.46 bits per heavy atom. The molecule has 9 rings (SSSR count). The van der Waals surface area contributed by atoms with Gasteiger partial charge in [0.05, 0.1) is 57.4 Å². The molecule has 5 aromatic carbocycles. The van der Waals surface area contributed by atoms with Crippen molar-refractivity contribution in [2.24, 2.45) is 4.99 Å². The molecule has 4 heterocycles. The zero-order valence-corrected chi connectivity index (χ0v) is 48.2. The molecule has 0 saturated heterocycles. The van der Waals surface area contributed by atoms with Crippen molar-refractivity contribution in [1.82, 2.24) is 0 Å². The van der Waals surface area contributed by atoms with E-state index in [1.165, 1.54) is 16.4 Å². The second-order valence-electron chi connectivity index (χ2n) is 20.9. The molecule has 2 amide bonds. The standard InChI is InChI=1S/C60H70N4O12S3/c1-7-53(65)57(79(68,69)70)18-25-77-78-60(3,4)38-62(19-20-73-23-24-74-22-21-71-5)46-28-40(36-75-54-32-42-16-17-45-30-43-12-8-10-14-51(43)63(45)58(66)48(42)26-39(54)2)27-41(29-46)37-76-56-34-50-49(33-55(56)72-6)59(67)64-47(35-61-50)31-44-13-9-11-15-52(44)64/h8-15,26-29,32-35,45,47,57H,7,16-25,30-31,36-38H2,1-6H3,(H,68,69,70)/t45-,47?,57?/m1/s1. The van der Waals surface area contributed by atoms with Gasteiger partial charge in [-0.3, -0.25) is 28.8 Å². The Kier molecular flexibility index (Phi) is 18.8. The minimum atomic E-state index is -4.54. The molecular formula is C60H70N4O12S3. The van der Waals surface area contributed by atoms with Gasteiger partial charge in [-0.2, -0.15) is 8.42 Å². The lowest BCUT2D eigenvalue weighted by atomic mass is 9.98. The van der Waals surface area contributed by atoms with E-state index in [0.29, 0.717) is 92.4 Å². The van der Waals surface area contributed by atoms with Gasteiger partial charge >= 0.3 is 0 Å². The number of carbonyl (C=O) groups is 3. The van der Waals surface area contributed by atoms with Gasteiger partial charge in [0.2, 0.25) is 0 Å². The third-order valence-corrected chi connectivity index (χ3v) is 19.2. The molecule has 420 valence electrons. The van der Waals surface area contributed by atoms with E-state index in [-0.39, 0.29) is 50.0 Å². The van der Waals surface area contributed by atoms with E-state index in [1.807, 2.05) is 78.7 Å². The van der Waals surface area contributed by atoms with E-state index in [0.717, 1.165) is 64.1 Å². The average Bonchev–Trinajstić information content (AvgIpc) is 4.20. The normalized spacial score (nSPS) is 16.7. The first-order chi connectivity index (χ1) is 38.0. The number of nitrogens with zero attached hydrogens (tertiary/aromatic N) is 4. The van der Waals surface area contributed by atoms with Crippen molar-refractivity contribution in [2.75, 3.05) is 80.8 Å². The Labute approximate surface area is 471 Å². The van der Waals surface area contributed by atoms with Crippen LogP contribution in [0.1, 0.15) is 94.1 Å². The lowest BCUT2D eigenvalue weighted by Gasteiger charge is -2.34. The van der Waals surface area contributed by atoms with Gasteiger partial charge in [0.1, 0.15) is 24.2 Å². The number of para-hydroxylation sites is 2. The van der Waals surface area contributed by atoms with Gasteiger partial charge in [-0.05, 0) is 128 Å². The summed E-state index contributed by atoms with van der Waals surface area (Å²) >= 11 is 0. The third-order valence-electron chi connectivity index (χ3n) is 14.7. The Bertz CT molecular complexity index is 3190. The van der Waals surface area contributed by atoms with E-state index in [9.17, 15) is 27.4 Å². The van der Waals surface area contributed by atoms with Crippen LogP contribution in [0.5, 0.6) is 17.2 Å². The topological polar surface area (TPSA) is 183 Å². The van der Waals surface area contributed by atoms with Gasteiger partial charge in [0.15, 0.2) is 17.3 Å². The number of hydrogen-bond acceptors (Lipinski definition) is 15. The van der Waals surface area contributed by atoms with Crippen molar-refractivity contribution in [2.45, 2.75) is 102 Å². The van der Waals surface area contributed by atoms with E-state index < -0.39 is 25.9 Å². The highest BCUT2D eigenvalue weighted by molar-refractivity contribution is 8.77.